The summed E-state index contributed by atoms with van der Waals surface area (Å²) < 4.78 is 0. The van der Waals surface area contributed by atoms with E-state index in [9.17, 15) is 4.79 Å². The molecule has 1 amide bonds. The highest BCUT2D eigenvalue weighted by molar-refractivity contribution is 7.07. The van der Waals surface area contributed by atoms with Crippen LogP contribution in [0.3, 0.4) is 0 Å². The lowest BCUT2D eigenvalue weighted by Gasteiger charge is -2.37. The molecule has 1 aromatic heterocycles. The third-order valence-electron chi connectivity index (χ3n) is 3.50. The third-order valence-corrected chi connectivity index (χ3v) is 4.13. The SMILES string of the molecule is CC1(N)CCCCC1C(=O)NCc1cscn1. The minimum Gasteiger partial charge on any atom is -0.350 e. The van der Waals surface area contributed by atoms with Crippen LogP contribution in [0.5, 0.6) is 0 Å². The second kappa shape index (κ2) is 5.14. The molecule has 2 atom stereocenters. The van der Waals surface area contributed by atoms with Gasteiger partial charge in [0, 0.05) is 10.9 Å². The van der Waals surface area contributed by atoms with E-state index in [4.69, 9.17) is 5.73 Å². The van der Waals surface area contributed by atoms with Crippen LogP contribution in [-0.2, 0) is 11.3 Å². The van der Waals surface area contributed by atoms with Crippen molar-refractivity contribution in [1.29, 1.82) is 0 Å². The molecule has 1 aromatic rings. The molecule has 0 bridgehead atoms. The number of hydrogen-bond acceptors (Lipinski definition) is 4. The first kappa shape index (κ1) is 12.5. The molecule has 3 N–H and O–H groups in total. The maximum atomic E-state index is 12.1. The Balaban J connectivity index is 1.90. The summed E-state index contributed by atoms with van der Waals surface area (Å²) in [6.45, 7) is 2.49. The van der Waals surface area contributed by atoms with Crippen molar-refractivity contribution in [2.24, 2.45) is 11.7 Å². The number of aromatic nitrogens is 1. The first-order valence-electron chi connectivity index (χ1n) is 6.03. The summed E-state index contributed by atoms with van der Waals surface area (Å²) in [5.74, 6) is 0.0117. The van der Waals surface area contributed by atoms with E-state index < -0.39 is 0 Å². The van der Waals surface area contributed by atoms with Crippen LogP contribution in [0.4, 0.5) is 0 Å². The van der Waals surface area contributed by atoms with Gasteiger partial charge in [-0.2, -0.15) is 0 Å². The van der Waals surface area contributed by atoms with Crippen molar-refractivity contribution < 1.29 is 4.79 Å². The van der Waals surface area contributed by atoms with Gasteiger partial charge >= 0.3 is 0 Å². The Morgan fingerprint density at radius 3 is 3.18 bits per heavy atom. The van der Waals surface area contributed by atoms with E-state index in [1.807, 2.05) is 12.3 Å². The summed E-state index contributed by atoms with van der Waals surface area (Å²) >= 11 is 1.54. The molecule has 5 heteroatoms. The third kappa shape index (κ3) is 3.04. The van der Waals surface area contributed by atoms with Crippen LogP contribution in [-0.4, -0.2) is 16.4 Å². The van der Waals surface area contributed by atoms with E-state index in [-0.39, 0.29) is 17.4 Å². The van der Waals surface area contributed by atoms with Crippen LogP contribution in [0, 0.1) is 5.92 Å². The average Bonchev–Trinajstić information content (AvgIpc) is 2.78. The zero-order chi connectivity index (χ0) is 12.3. The minimum absolute atomic E-state index is 0.0603. The number of carbonyl (C=O) groups excluding carboxylic acids is 1. The van der Waals surface area contributed by atoms with Gasteiger partial charge in [-0.3, -0.25) is 4.79 Å². The van der Waals surface area contributed by atoms with Gasteiger partial charge < -0.3 is 11.1 Å². The van der Waals surface area contributed by atoms with Crippen LogP contribution in [0.2, 0.25) is 0 Å². The number of nitrogens with zero attached hydrogens (tertiary/aromatic N) is 1. The van der Waals surface area contributed by atoms with Crippen molar-refractivity contribution in [2.45, 2.75) is 44.7 Å². The molecule has 1 heterocycles. The monoisotopic (exact) mass is 253 g/mol. The van der Waals surface area contributed by atoms with Crippen LogP contribution < -0.4 is 11.1 Å². The molecule has 94 valence electrons. The Kier molecular flexibility index (Phi) is 3.79. The normalized spacial score (nSPS) is 28.9. The highest BCUT2D eigenvalue weighted by atomic mass is 32.1. The van der Waals surface area contributed by atoms with Crippen molar-refractivity contribution in [2.75, 3.05) is 0 Å². The fraction of sp³-hybridized carbons (Fsp3) is 0.667. The predicted molar refractivity (Wildman–Crippen MR) is 68.5 cm³/mol. The smallest absolute Gasteiger partial charge is 0.225 e. The Morgan fingerprint density at radius 1 is 1.71 bits per heavy atom. The lowest BCUT2D eigenvalue weighted by atomic mass is 9.74. The Morgan fingerprint density at radius 2 is 2.53 bits per heavy atom. The largest absolute Gasteiger partial charge is 0.350 e. The Labute approximate surface area is 106 Å². The van der Waals surface area contributed by atoms with Gasteiger partial charge in [-0.05, 0) is 19.8 Å². The molecule has 0 saturated heterocycles. The van der Waals surface area contributed by atoms with Gasteiger partial charge in [0.1, 0.15) is 0 Å². The van der Waals surface area contributed by atoms with Crippen LogP contribution in [0.1, 0.15) is 38.3 Å². The molecule has 1 aliphatic rings. The number of hydrogen-bond donors (Lipinski definition) is 2. The summed E-state index contributed by atoms with van der Waals surface area (Å²) in [7, 11) is 0. The molecule has 0 aliphatic heterocycles. The molecule has 0 spiro atoms. The molecular formula is C12H19N3OS. The molecule has 17 heavy (non-hydrogen) atoms. The van der Waals surface area contributed by atoms with Crippen LogP contribution in [0.25, 0.3) is 0 Å². The standard InChI is InChI=1S/C12H19N3OS/c1-12(13)5-3-2-4-10(12)11(16)14-6-9-7-17-8-15-9/h7-8,10H,2-6,13H2,1H3,(H,14,16). The number of thiazole rings is 1. The van der Waals surface area contributed by atoms with Gasteiger partial charge in [0.05, 0.1) is 23.7 Å². The van der Waals surface area contributed by atoms with Crippen molar-refractivity contribution in [3.63, 3.8) is 0 Å². The first-order chi connectivity index (χ1) is 8.09. The summed E-state index contributed by atoms with van der Waals surface area (Å²) in [5, 5.41) is 4.88. The maximum absolute atomic E-state index is 12.1. The van der Waals surface area contributed by atoms with E-state index in [2.05, 4.69) is 10.3 Å². The molecule has 1 fully saturated rings. The van der Waals surface area contributed by atoms with E-state index in [1.54, 1.807) is 5.51 Å². The topological polar surface area (TPSA) is 68.0 Å². The van der Waals surface area contributed by atoms with Crippen LogP contribution in [0.15, 0.2) is 10.9 Å². The van der Waals surface area contributed by atoms with Gasteiger partial charge in [-0.15, -0.1) is 11.3 Å². The van der Waals surface area contributed by atoms with Gasteiger partial charge in [-0.25, -0.2) is 4.98 Å². The first-order valence-corrected chi connectivity index (χ1v) is 6.97. The summed E-state index contributed by atoms with van der Waals surface area (Å²) in [4.78, 5) is 16.2. The second-order valence-corrected chi connectivity index (χ2v) is 5.72. The number of carbonyl (C=O) groups is 1. The molecule has 2 unspecified atom stereocenters. The highest BCUT2D eigenvalue weighted by Crippen LogP contribution is 2.31. The second-order valence-electron chi connectivity index (χ2n) is 5.00. The highest BCUT2D eigenvalue weighted by Gasteiger charge is 2.37. The van der Waals surface area contributed by atoms with E-state index in [1.165, 1.54) is 11.3 Å². The quantitative estimate of drug-likeness (QED) is 0.861. The molecule has 0 aromatic carbocycles. The lowest BCUT2D eigenvalue weighted by molar-refractivity contribution is -0.128. The fourth-order valence-electron chi connectivity index (χ4n) is 2.41. The van der Waals surface area contributed by atoms with E-state index >= 15 is 0 Å². The summed E-state index contributed by atoms with van der Waals surface area (Å²) in [6, 6.07) is 0. The molecule has 1 saturated carbocycles. The Bertz CT molecular complexity index is 375. The van der Waals surface area contributed by atoms with Crippen molar-refractivity contribution >= 4 is 17.2 Å². The predicted octanol–water partition coefficient (Wildman–Crippen LogP) is 1.67. The number of nitrogens with one attached hydrogen (secondary N) is 1. The van der Waals surface area contributed by atoms with E-state index in [0.29, 0.717) is 6.54 Å². The van der Waals surface area contributed by atoms with Crippen molar-refractivity contribution in [3.8, 4) is 0 Å². The molecular weight excluding hydrogens is 234 g/mol. The van der Waals surface area contributed by atoms with Crippen molar-refractivity contribution in [1.82, 2.24) is 10.3 Å². The maximum Gasteiger partial charge on any atom is 0.225 e. The summed E-state index contributed by atoms with van der Waals surface area (Å²) in [6.07, 6.45) is 4.06. The number of rotatable bonds is 3. The molecule has 0 radical (unpaired) electrons. The average molecular weight is 253 g/mol. The fourth-order valence-corrected chi connectivity index (χ4v) is 2.97. The van der Waals surface area contributed by atoms with Crippen LogP contribution >= 0.6 is 11.3 Å². The van der Waals surface area contributed by atoms with Gasteiger partial charge in [0.25, 0.3) is 0 Å². The summed E-state index contributed by atoms with van der Waals surface area (Å²) in [5.41, 5.74) is 8.53. The lowest BCUT2D eigenvalue weighted by Crippen LogP contribution is -2.52. The number of nitrogens with two attached hydrogens (primary N) is 1. The molecule has 2 rings (SSSR count). The Hall–Kier alpha value is -0.940. The molecule has 1 aliphatic carbocycles. The van der Waals surface area contributed by atoms with Gasteiger partial charge in [0.15, 0.2) is 0 Å². The molecule has 4 nitrogen and oxygen atoms in total. The zero-order valence-electron chi connectivity index (χ0n) is 10.1. The zero-order valence-corrected chi connectivity index (χ0v) is 10.9. The number of amides is 1. The van der Waals surface area contributed by atoms with E-state index in [0.717, 1.165) is 31.4 Å². The minimum atomic E-state index is -0.357. The van der Waals surface area contributed by atoms with Gasteiger partial charge in [0.2, 0.25) is 5.91 Å². The van der Waals surface area contributed by atoms with Crippen molar-refractivity contribution in [3.05, 3.63) is 16.6 Å². The van der Waals surface area contributed by atoms with Gasteiger partial charge in [-0.1, -0.05) is 12.8 Å².